The number of carbonyl (C=O) groups is 3. The number of thiophene rings is 1. The maximum atomic E-state index is 12.8. The number of carbonyl (C=O) groups excluding carboxylic acids is 3. The van der Waals surface area contributed by atoms with Crippen molar-refractivity contribution >= 4 is 39.1 Å². The van der Waals surface area contributed by atoms with Gasteiger partial charge in [0.05, 0.1) is 13.1 Å². The second kappa shape index (κ2) is 7.82. The lowest BCUT2D eigenvalue weighted by Crippen LogP contribution is -2.43. The largest absolute Gasteiger partial charge is 0.350 e. The van der Waals surface area contributed by atoms with Crippen LogP contribution in [-0.4, -0.2) is 43.6 Å². The van der Waals surface area contributed by atoms with Crippen molar-refractivity contribution in [2.75, 3.05) is 6.54 Å². The molecular formula is C19H20N4O5S2. The molecule has 2 aliphatic rings. The van der Waals surface area contributed by atoms with E-state index >= 15 is 0 Å². The number of amides is 3. The minimum Gasteiger partial charge on any atom is -0.350 e. The molecule has 1 saturated carbocycles. The van der Waals surface area contributed by atoms with Crippen LogP contribution in [0.1, 0.15) is 39.7 Å². The number of fused-ring (bicyclic) bond motifs is 1. The summed E-state index contributed by atoms with van der Waals surface area (Å²) in [5.41, 5.74) is 1.18. The molecular weight excluding hydrogens is 428 g/mol. The number of rotatable bonds is 7. The van der Waals surface area contributed by atoms with Gasteiger partial charge >= 0.3 is 0 Å². The summed E-state index contributed by atoms with van der Waals surface area (Å²) in [7, 11) is -3.77. The molecule has 158 valence electrons. The molecule has 0 bridgehead atoms. The van der Waals surface area contributed by atoms with E-state index in [1.54, 1.807) is 35.2 Å². The highest BCUT2D eigenvalue weighted by molar-refractivity contribution is 7.91. The third-order valence-electron chi connectivity index (χ3n) is 4.99. The molecule has 1 aromatic heterocycles. The van der Waals surface area contributed by atoms with Crippen molar-refractivity contribution in [2.24, 2.45) is 5.14 Å². The van der Waals surface area contributed by atoms with Crippen LogP contribution in [-0.2, 0) is 26.2 Å². The second-order valence-corrected chi connectivity index (χ2v) is 10.2. The molecule has 1 aromatic carbocycles. The molecule has 30 heavy (non-hydrogen) atoms. The Kier molecular flexibility index (Phi) is 5.35. The first kappa shape index (κ1) is 20.5. The van der Waals surface area contributed by atoms with Gasteiger partial charge in [0.25, 0.3) is 5.91 Å². The average Bonchev–Trinajstić information content (AvgIpc) is 3.33. The first-order valence-corrected chi connectivity index (χ1v) is 11.7. The highest BCUT2D eigenvalue weighted by Crippen LogP contribution is 2.41. The quantitative estimate of drug-likeness (QED) is 0.566. The molecule has 2 heterocycles. The Hall–Kier alpha value is -2.76. The fourth-order valence-corrected chi connectivity index (χ4v) is 5.17. The van der Waals surface area contributed by atoms with Gasteiger partial charge in [-0.3, -0.25) is 14.4 Å². The molecule has 4 rings (SSSR count). The number of nitrogens with one attached hydrogen (secondary N) is 2. The Morgan fingerprint density at radius 1 is 1.13 bits per heavy atom. The third kappa shape index (κ3) is 4.09. The van der Waals surface area contributed by atoms with Gasteiger partial charge < -0.3 is 15.5 Å². The topological polar surface area (TPSA) is 139 Å². The van der Waals surface area contributed by atoms with Crippen LogP contribution < -0.4 is 15.8 Å². The van der Waals surface area contributed by atoms with E-state index in [-0.39, 0.29) is 29.2 Å². The third-order valence-corrected chi connectivity index (χ3v) is 7.51. The van der Waals surface area contributed by atoms with Crippen LogP contribution in [0.5, 0.6) is 0 Å². The van der Waals surface area contributed by atoms with E-state index < -0.39 is 27.9 Å². The van der Waals surface area contributed by atoms with Crippen molar-refractivity contribution < 1.29 is 22.8 Å². The molecule has 1 fully saturated rings. The molecule has 9 nitrogen and oxygen atoms in total. The normalized spacial score (nSPS) is 18.2. The average molecular weight is 449 g/mol. The van der Waals surface area contributed by atoms with Gasteiger partial charge in [-0.2, -0.15) is 0 Å². The zero-order valence-corrected chi connectivity index (χ0v) is 17.5. The van der Waals surface area contributed by atoms with Crippen LogP contribution >= 0.6 is 11.3 Å². The predicted octanol–water partition coefficient (Wildman–Crippen LogP) is 0.487. The summed E-state index contributed by atoms with van der Waals surface area (Å²) in [5.74, 6) is -0.978. The zero-order valence-electron chi connectivity index (χ0n) is 15.8. The van der Waals surface area contributed by atoms with Gasteiger partial charge in [-0.25, -0.2) is 13.6 Å². The number of hydrogen-bond acceptors (Lipinski definition) is 6. The maximum Gasteiger partial charge on any atom is 0.255 e. The van der Waals surface area contributed by atoms with E-state index in [1.165, 1.54) is 6.07 Å². The van der Waals surface area contributed by atoms with Gasteiger partial charge in [0, 0.05) is 16.5 Å². The van der Waals surface area contributed by atoms with Gasteiger partial charge in [-0.15, -0.1) is 11.3 Å². The Morgan fingerprint density at radius 3 is 2.53 bits per heavy atom. The van der Waals surface area contributed by atoms with Gasteiger partial charge in [-0.1, -0.05) is 18.2 Å². The molecule has 3 amide bonds. The summed E-state index contributed by atoms with van der Waals surface area (Å²) in [6.45, 7) is -0.133. The second-order valence-electron chi connectivity index (χ2n) is 7.19. The van der Waals surface area contributed by atoms with E-state index in [0.29, 0.717) is 16.0 Å². The van der Waals surface area contributed by atoms with Crippen molar-refractivity contribution in [3.05, 3.63) is 52.4 Å². The summed E-state index contributed by atoms with van der Waals surface area (Å²) < 4.78 is 22.6. The molecule has 1 aliphatic heterocycles. The molecule has 2 aromatic rings. The fraction of sp³-hybridized carbons (Fsp3) is 0.316. The van der Waals surface area contributed by atoms with Crippen molar-refractivity contribution in [3.63, 3.8) is 0 Å². The first-order valence-electron chi connectivity index (χ1n) is 9.33. The lowest BCUT2D eigenvalue weighted by atomic mass is 10.0. The number of nitrogens with zero attached hydrogens (tertiary/aromatic N) is 1. The first-order chi connectivity index (χ1) is 14.3. The molecule has 0 saturated heterocycles. The number of nitrogens with two attached hydrogens (primary N) is 1. The van der Waals surface area contributed by atoms with Crippen LogP contribution in [0.4, 0.5) is 0 Å². The van der Waals surface area contributed by atoms with E-state index in [0.717, 1.165) is 24.2 Å². The molecule has 1 aliphatic carbocycles. The standard InChI is InChI=1S/C19H20N4O5S2/c20-30(27,28)16-8-7-12(29-16)9-21-15(24)10-22-18(25)17-13-3-1-2-4-14(13)19(26)23(17)11-5-6-11/h1-4,7-8,11,17H,5-6,9-10H2,(H,21,24)(H,22,25)(H2,20,27,28). The Morgan fingerprint density at radius 2 is 1.87 bits per heavy atom. The number of benzene rings is 1. The van der Waals surface area contributed by atoms with Crippen LogP contribution in [0.15, 0.2) is 40.6 Å². The number of hydrogen-bond donors (Lipinski definition) is 3. The van der Waals surface area contributed by atoms with Crippen LogP contribution in [0, 0.1) is 0 Å². The Bertz CT molecular complexity index is 1120. The van der Waals surface area contributed by atoms with E-state index in [4.69, 9.17) is 5.14 Å². The van der Waals surface area contributed by atoms with Crippen LogP contribution in [0.25, 0.3) is 0 Å². The van der Waals surface area contributed by atoms with Crippen LogP contribution in [0.3, 0.4) is 0 Å². The van der Waals surface area contributed by atoms with E-state index in [2.05, 4.69) is 10.6 Å². The minimum atomic E-state index is -3.77. The number of primary sulfonamides is 1. The lowest BCUT2D eigenvalue weighted by molar-refractivity contribution is -0.129. The molecule has 0 spiro atoms. The summed E-state index contributed by atoms with van der Waals surface area (Å²) in [6, 6.07) is 9.30. The van der Waals surface area contributed by atoms with E-state index in [1.807, 2.05) is 0 Å². The molecule has 4 N–H and O–H groups in total. The summed E-state index contributed by atoms with van der Waals surface area (Å²) >= 11 is 0.970. The Labute approximate surface area is 177 Å². The summed E-state index contributed by atoms with van der Waals surface area (Å²) in [5, 5.41) is 10.3. The predicted molar refractivity (Wildman–Crippen MR) is 109 cm³/mol. The highest BCUT2D eigenvalue weighted by Gasteiger charge is 2.47. The van der Waals surface area contributed by atoms with Crippen molar-refractivity contribution in [3.8, 4) is 0 Å². The van der Waals surface area contributed by atoms with Gasteiger partial charge in [0.2, 0.25) is 21.8 Å². The van der Waals surface area contributed by atoms with E-state index in [9.17, 15) is 22.8 Å². The zero-order chi connectivity index (χ0) is 21.5. The lowest BCUT2D eigenvalue weighted by Gasteiger charge is -2.24. The van der Waals surface area contributed by atoms with Gasteiger partial charge in [0.15, 0.2) is 0 Å². The number of sulfonamides is 1. The highest BCUT2D eigenvalue weighted by atomic mass is 32.2. The molecule has 1 unspecified atom stereocenters. The van der Waals surface area contributed by atoms with Gasteiger partial charge in [0.1, 0.15) is 10.3 Å². The minimum absolute atomic E-state index is 0.0183. The molecule has 1 atom stereocenters. The van der Waals surface area contributed by atoms with Crippen molar-refractivity contribution in [1.29, 1.82) is 0 Å². The maximum absolute atomic E-state index is 12.8. The molecule has 11 heteroatoms. The van der Waals surface area contributed by atoms with Crippen molar-refractivity contribution in [1.82, 2.24) is 15.5 Å². The molecule has 0 radical (unpaired) electrons. The van der Waals surface area contributed by atoms with Crippen molar-refractivity contribution in [2.45, 2.75) is 35.7 Å². The summed E-state index contributed by atoms with van der Waals surface area (Å²) in [6.07, 6.45) is 1.73. The Balaban J connectivity index is 1.35. The SMILES string of the molecule is NS(=O)(=O)c1ccc(CNC(=O)CNC(=O)C2c3ccccc3C(=O)N2C2CC2)s1. The fourth-order valence-electron chi connectivity index (χ4n) is 3.45. The summed E-state index contributed by atoms with van der Waals surface area (Å²) in [4.78, 5) is 39.9. The van der Waals surface area contributed by atoms with Gasteiger partial charge in [-0.05, 0) is 36.6 Å². The smallest absolute Gasteiger partial charge is 0.255 e. The monoisotopic (exact) mass is 448 g/mol. The van der Waals surface area contributed by atoms with Crippen LogP contribution in [0.2, 0.25) is 0 Å².